The molecule has 0 unspecified atom stereocenters. The highest BCUT2D eigenvalue weighted by molar-refractivity contribution is 5.02. The van der Waals surface area contributed by atoms with E-state index in [1.165, 1.54) is 77.0 Å². The standard InChI is InChI=1S/C21H35N/c1-3-5-6-7-14-21(17-22)15-12-20(13-16-21)19-10-8-18(4-2)9-11-19/h4,18-20H,2-3,5-16H2,1H3. The highest BCUT2D eigenvalue weighted by Crippen LogP contribution is 2.47. The molecular weight excluding hydrogens is 266 g/mol. The largest absolute Gasteiger partial charge is 0.198 e. The first kappa shape index (κ1) is 17.6. The zero-order valence-corrected chi connectivity index (χ0v) is 14.7. The molecule has 0 aliphatic heterocycles. The molecule has 0 atom stereocenters. The fourth-order valence-electron chi connectivity index (χ4n) is 4.82. The molecule has 0 bridgehead atoms. The van der Waals surface area contributed by atoms with Crippen LogP contribution < -0.4 is 0 Å². The van der Waals surface area contributed by atoms with Crippen LogP contribution in [0.5, 0.6) is 0 Å². The molecule has 0 radical (unpaired) electrons. The average Bonchev–Trinajstić information content (AvgIpc) is 2.59. The molecule has 2 aliphatic rings. The van der Waals surface area contributed by atoms with E-state index in [0.29, 0.717) is 0 Å². The van der Waals surface area contributed by atoms with Crippen molar-refractivity contribution >= 4 is 0 Å². The third-order valence-electron chi connectivity index (χ3n) is 6.55. The Bertz CT molecular complexity index is 362. The third-order valence-corrected chi connectivity index (χ3v) is 6.55. The van der Waals surface area contributed by atoms with Crippen molar-refractivity contribution in [1.29, 1.82) is 5.26 Å². The maximum atomic E-state index is 9.70. The van der Waals surface area contributed by atoms with Gasteiger partial charge in [0.25, 0.3) is 0 Å². The molecule has 1 heteroatoms. The molecule has 0 aromatic carbocycles. The van der Waals surface area contributed by atoms with Gasteiger partial charge in [-0.25, -0.2) is 0 Å². The predicted molar refractivity (Wildman–Crippen MR) is 94.4 cm³/mol. The lowest BCUT2D eigenvalue weighted by molar-refractivity contribution is 0.122. The van der Waals surface area contributed by atoms with Gasteiger partial charge in [0.2, 0.25) is 0 Å². The molecule has 1 nitrogen and oxygen atoms in total. The summed E-state index contributed by atoms with van der Waals surface area (Å²) < 4.78 is 0. The van der Waals surface area contributed by atoms with E-state index < -0.39 is 0 Å². The topological polar surface area (TPSA) is 23.8 Å². The molecule has 0 N–H and O–H groups in total. The Kier molecular flexibility index (Phi) is 7.00. The lowest BCUT2D eigenvalue weighted by Gasteiger charge is -2.40. The van der Waals surface area contributed by atoms with Gasteiger partial charge < -0.3 is 0 Å². The Morgan fingerprint density at radius 3 is 2.18 bits per heavy atom. The summed E-state index contributed by atoms with van der Waals surface area (Å²) in [7, 11) is 0. The van der Waals surface area contributed by atoms with Crippen molar-refractivity contribution in [3.05, 3.63) is 12.7 Å². The van der Waals surface area contributed by atoms with E-state index in [4.69, 9.17) is 0 Å². The molecule has 0 saturated heterocycles. The number of hydrogen-bond donors (Lipinski definition) is 0. The normalized spacial score (nSPS) is 35.7. The summed E-state index contributed by atoms with van der Waals surface area (Å²) in [6.07, 6.45) is 19.0. The first-order valence-electron chi connectivity index (χ1n) is 9.77. The molecule has 2 fully saturated rings. The van der Waals surface area contributed by atoms with Crippen LogP contribution in [0.3, 0.4) is 0 Å². The van der Waals surface area contributed by atoms with Gasteiger partial charge in [0, 0.05) is 0 Å². The minimum Gasteiger partial charge on any atom is -0.198 e. The number of allylic oxidation sites excluding steroid dienone is 1. The smallest absolute Gasteiger partial charge is 0.0689 e. The van der Waals surface area contributed by atoms with Crippen molar-refractivity contribution in [2.75, 3.05) is 0 Å². The Morgan fingerprint density at radius 1 is 1.00 bits per heavy atom. The van der Waals surface area contributed by atoms with E-state index in [1.54, 1.807) is 0 Å². The fraction of sp³-hybridized carbons (Fsp3) is 0.857. The van der Waals surface area contributed by atoms with E-state index in [-0.39, 0.29) is 5.41 Å². The third kappa shape index (κ3) is 4.61. The molecule has 0 heterocycles. The average molecular weight is 302 g/mol. The van der Waals surface area contributed by atoms with Crippen LogP contribution in [0.15, 0.2) is 12.7 Å². The number of hydrogen-bond acceptors (Lipinski definition) is 1. The Hall–Kier alpha value is -0.770. The Morgan fingerprint density at radius 2 is 1.64 bits per heavy atom. The fourth-order valence-corrected chi connectivity index (χ4v) is 4.82. The second kappa shape index (κ2) is 8.76. The lowest BCUT2D eigenvalue weighted by atomic mass is 9.63. The summed E-state index contributed by atoms with van der Waals surface area (Å²) in [6.45, 7) is 6.21. The van der Waals surface area contributed by atoms with Gasteiger partial charge >= 0.3 is 0 Å². The SMILES string of the molecule is C=CC1CCC(C2CCC(C#N)(CCCCCC)CC2)CC1. The van der Waals surface area contributed by atoms with Crippen molar-refractivity contribution in [2.24, 2.45) is 23.2 Å². The zero-order chi connectivity index (χ0) is 15.8. The van der Waals surface area contributed by atoms with Crippen LogP contribution in [0.25, 0.3) is 0 Å². The molecular formula is C21H35N. The minimum atomic E-state index is 0.0303. The van der Waals surface area contributed by atoms with E-state index in [9.17, 15) is 5.26 Å². The van der Waals surface area contributed by atoms with Gasteiger partial charge in [-0.15, -0.1) is 6.58 Å². The van der Waals surface area contributed by atoms with Gasteiger partial charge in [-0.2, -0.15) is 5.26 Å². The summed E-state index contributed by atoms with van der Waals surface area (Å²) in [5.41, 5.74) is 0.0303. The number of rotatable bonds is 7. The monoisotopic (exact) mass is 301 g/mol. The molecule has 2 aliphatic carbocycles. The molecule has 0 aromatic rings. The second-order valence-corrected chi connectivity index (χ2v) is 7.95. The number of nitriles is 1. The van der Waals surface area contributed by atoms with Crippen LogP contribution in [0.2, 0.25) is 0 Å². The van der Waals surface area contributed by atoms with Gasteiger partial charge in [-0.05, 0) is 75.5 Å². The van der Waals surface area contributed by atoms with Gasteiger partial charge in [-0.3, -0.25) is 0 Å². The zero-order valence-electron chi connectivity index (χ0n) is 14.7. The molecule has 0 spiro atoms. The van der Waals surface area contributed by atoms with Crippen LogP contribution in [0, 0.1) is 34.5 Å². The van der Waals surface area contributed by atoms with Crippen LogP contribution in [-0.4, -0.2) is 0 Å². The molecule has 124 valence electrons. The van der Waals surface area contributed by atoms with Gasteiger partial charge in [0.15, 0.2) is 0 Å². The number of nitrogens with zero attached hydrogens (tertiary/aromatic N) is 1. The molecule has 2 saturated carbocycles. The van der Waals surface area contributed by atoms with Crippen LogP contribution in [0.4, 0.5) is 0 Å². The Labute approximate surface area is 138 Å². The minimum absolute atomic E-state index is 0.0303. The first-order chi connectivity index (χ1) is 10.7. The highest BCUT2D eigenvalue weighted by Gasteiger charge is 2.38. The van der Waals surface area contributed by atoms with E-state index >= 15 is 0 Å². The summed E-state index contributed by atoms with van der Waals surface area (Å²) in [6, 6.07) is 2.72. The second-order valence-electron chi connectivity index (χ2n) is 7.95. The molecule has 0 aromatic heterocycles. The summed E-state index contributed by atoms with van der Waals surface area (Å²) >= 11 is 0. The lowest BCUT2D eigenvalue weighted by Crippen LogP contribution is -2.31. The van der Waals surface area contributed by atoms with Crippen molar-refractivity contribution in [1.82, 2.24) is 0 Å². The maximum absolute atomic E-state index is 9.70. The molecule has 22 heavy (non-hydrogen) atoms. The van der Waals surface area contributed by atoms with Gasteiger partial charge in [-0.1, -0.05) is 38.7 Å². The van der Waals surface area contributed by atoms with E-state index in [1.807, 2.05) is 0 Å². The molecule has 2 rings (SSSR count). The quantitative estimate of drug-likeness (QED) is 0.381. The van der Waals surface area contributed by atoms with Gasteiger partial charge in [0.05, 0.1) is 11.5 Å². The van der Waals surface area contributed by atoms with E-state index in [2.05, 4.69) is 25.6 Å². The van der Waals surface area contributed by atoms with Crippen molar-refractivity contribution in [3.63, 3.8) is 0 Å². The summed E-state index contributed by atoms with van der Waals surface area (Å²) in [4.78, 5) is 0. The summed E-state index contributed by atoms with van der Waals surface area (Å²) in [5.74, 6) is 2.62. The van der Waals surface area contributed by atoms with Crippen molar-refractivity contribution in [3.8, 4) is 6.07 Å². The maximum Gasteiger partial charge on any atom is 0.0689 e. The van der Waals surface area contributed by atoms with Crippen LogP contribution >= 0.6 is 0 Å². The predicted octanol–water partition coefficient (Wildman–Crippen LogP) is 6.65. The van der Waals surface area contributed by atoms with Crippen molar-refractivity contribution in [2.45, 2.75) is 90.4 Å². The highest BCUT2D eigenvalue weighted by atomic mass is 14.4. The summed E-state index contributed by atoms with van der Waals surface area (Å²) in [5, 5.41) is 9.70. The number of unbranched alkanes of at least 4 members (excludes halogenated alkanes) is 3. The van der Waals surface area contributed by atoms with E-state index in [0.717, 1.165) is 24.2 Å². The van der Waals surface area contributed by atoms with Crippen LogP contribution in [0.1, 0.15) is 90.4 Å². The van der Waals surface area contributed by atoms with Crippen molar-refractivity contribution < 1.29 is 0 Å². The molecule has 0 amide bonds. The Balaban J connectivity index is 1.76. The van der Waals surface area contributed by atoms with Crippen LogP contribution in [-0.2, 0) is 0 Å². The first-order valence-corrected chi connectivity index (χ1v) is 9.77. The van der Waals surface area contributed by atoms with Gasteiger partial charge in [0.1, 0.15) is 0 Å².